The number of piperazine rings is 2. The topological polar surface area (TPSA) is 38.4 Å². The number of likely N-dealkylation sites (N-methyl/N-ethyl adjacent to an activating group) is 1. The van der Waals surface area contributed by atoms with E-state index in [-0.39, 0.29) is 0 Å². The average Bonchev–Trinajstić information content (AvgIpc) is 1.31. The molecule has 11 aliphatic heterocycles. The Morgan fingerprint density at radius 3 is 1.47 bits per heavy atom. The normalized spacial score (nSPS) is 31.1. The largest absolute Gasteiger partial charge is 0.329 e. The van der Waals surface area contributed by atoms with Gasteiger partial charge in [0.25, 0.3) is 5.82 Å². The van der Waals surface area contributed by atoms with Gasteiger partial charge in [0.15, 0.2) is 29.6 Å². The maximum atomic E-state index is 2.88. The van der Waals surface area contributed by atoms with Gasteiger partial charge in [-0.25, -0.2) is 23.1 Å². The molecule has 4 aromatic rings. The highest BCUT2D eigenvalue weighted by Gasteiger charge is 2.65. The van der Waals surface area contributed by atoms with Crippen LogP contribution >= 0.6 is 0 Å². The van der Waals surface area contributed by atoms with Gasteiger partial charge in [0.05, 0.1) is 164 Å². The molecule has 8 atom stereocenters. The van der Waals surface area contributed by atoms with Gasteiger partial charge in [-0.1, -0.05) is 47.6 Å². The van der Waals surface area contributed by atoms with Crippen LogP contribution in [0, 0.1) is 23.7 Å². The fourth-order valence-corrected chi connectivity index (χ4v) is 25.9. The van der Waals surface area contributed by atoms with Crippen LogP contribution in [0.2, 0.25) is 0 Å². The van der Waals surface area contributed by atoms with Crippen molar-refractivity contribution in [2.24, 2.45) is 23.7 Å². The minimum atomic E-state index is 0.521. The first-order valence-corrected chi connectivity index (χ1v) is 49.9. The van der Waals surface area contributed by atoms with E-state index in [9.17, 15) is 0 Å². The molecule has 15 heterocycles. The van der Waals surface area contributed by atoms with Gasteiger partial charge < -0.3 is 22.8 Å². The second-order valence-electron chi connectivity index (χ2n) is 45.6. The van der Waals surface area contributed by atoms with Gasteiger partial charge in [-0.15, -0.1) is 4.68 Å². The van der Waals surface area contributed by atoms with Gasteiger partial charge >= 0.3 is 0 Å². The number of hydrogen-bond donors (Lipinski definition) is 1. The molecule has 672 valence electrons. The predicted molar refractivity (Wildman–Crippen MR) is 503 cm³/mol. The van der Waals surface area contributed by atoms with E-state index in [0.717, 1.165) is 132 Å². The zero-order valence-corrected chi connectivity index (χ0v) is 84.1. The molecular formula is C104H194N14+8. The summed E-state index contributed by atoms with van der Waals surface area (Å²) in [5.74, 6) is 6.73. The molecule has 8 bridgehead atoms. The maximum Gasteiger partial charge on any atom is 0.280 e. The van der Waals surface area contributed by atoms with Crippen molar-refractivity contribution < 1.29 is 36.5 Å². The molecule has 0 amide bonds. The van der Waals surface area contributed by atoms with E-state index >= 15 is 0 Å². The maximum absolute atomic E-state index is 2.88. The number of likely N-dealkylation sites (tertiary alicyclic amines) is 1. The number of fused-ring (bicyclic) bond motifs is 10. The Hall–Kier alpha value is -3.73. The second kappa shape index (κ2) is 41.1. The highest BCUT2D eigenvalue weighted by Crippen LogP contribution is 2.53. The molecule has 0 aromatic carbocycles. The summed E-state index contributed by atoms with van der Waals surface area (Å²) >= 11 is 0. The van der Waals surface area contributed by atoms with Gasteiger partial charge in [-0.2, -0.15) is 0 Å². The van der Waals surface area contributed by atoms with Crippen LogP contribution in [0.1, 0.15) is 364 Å². The fourth-order valence-electron chi connectivity index (χ4n) is 25.9. The smallest absolute Gasteiger partial charge is 0.280 e. The third-order valence-corrected chi connectivity index (χ3v) is 33.8. The highest BCUT2D eigenvalue weighted by molar-refractivity contribution is 5.44. The SMILES string of the molecule is CC(C)C1CC2C[N+](C)(C(C)C)CC2C1.CC(C)N1C2CC3CC1CC(C2)[N+]3(C)C(C)C.CC(C)N1C2CCC1C1CCC2[N+]1(C)C(C)C.CC(C)N1CCCc2n1cc[n+]2C(C)C.CC(C)N1CC[NH+](C(C)C)C(C)C1.CC(C)[N+]1(C(C)C)CC=CC1.CC(C)c1cc[n+](C(C)C)c2c1CCC2.CC(C)c1ccc2c[n+](C(C)C)cn2c1. The van der Waals surface area contributed by atoms with Crippen molar-refractivity contribution in [2.45, 2.75) is 470 Å². The molecule has 0 radical (unpaired) electrons. The Morgan fingerprint density at radius 1 is 0.500 bits per heavy atom. The van der Waals surface area contributed by atoms with Crippen LogP contribution < -0.4 is 23.6 Å². The Bertz CT molecular complexity index is 3620. The molecule has 4 aromatic heterocycles. The second-order valence-corrected chi connectivity index (χ2v) is 45.6. The van der Waals surface area contributed by atoms with Crippen LogP contribution in [0.15, 0.2) is 67.7 Å². The van der Waals surface area contributed by atoms with Crippen LogP contribution in [0.25, 0.3) is 5.52 Å². The van der Waals surface area contributed by atoms with Gasteiger partial charge in [0.1, 0.15) is 24.5 Å². The minimum Gasteiger partial charge on any atom is -0.329 e. The first-order valence-electron chi connectivity index (χ1n) is 49.9. The van der Waals surface area contributed by atoms with Crippen molar-refractivity contribution in [2.75, 3.05) is 78.5 Å². The van der Waals surface area contributed by atoms with Crippen LogP contribution in [-0.4, -0.2) is 230 Å². The van der Waals surface area contributed by atoms with Gasteiger partial charge in [0, 0.05) is 105 Å². The first kappa shape index (κ1) is 98.1. The van der Waals surface area contributed by atoms with E-state index in [1.165, 1.54) is 184 Å². The van der Waals surface area contributed by atoms with Crippen molar-refractivity contribution in [3.05, 3.63) is 95.9 Å². The lowest BCUT2D eigenvalue weighted by Gasteiger charge is -2.66. The molecule has 17 rings (SSSR count). The van der Waals surface area contributed by atoms with Crippen molar-refractivity contribution in [3.8, 4) is 0 Å². The summed E-state index contributed by atoms with van der Waals surface area (Å²) in [5, 5.41) is 2.44. The monoisotopic (exact) mass is 1640 g/mol. The minimum absolute atomic E-state index is 0.521. The standard InChI is InChI=1S/2C15H29N2.C14H28N.C14H22N.C13H19N2.C12H22N3.C11H24N2.C10H20N/c1-10(2)16-12-6-14-8-13(16)9-15(7-12)17(14,5)11(3)4;1-10(2)16-12-6-7-13(16)15-9-8-14(12)17(15,5)11(3)4;1-10(2)12-6-13-8-15(5,11(3)4)9-14(13)7-12;1-10(2)12-8-9-15(11(3)4)14-7-5-6-13(12)14;1-10(2)12-5-6-13-8-14(11(3)4)9-15(13)7-12;1-10(2)13-8-9-15-12(13)6-5-7-14(15)11(3)4;1-9(2)12-6-7-13(10(3)4)11(5)8-12;1-9(2)11(10(3)4)7-5-6-8-11/h2*10-15H,6-9H2,1-5H3;10-14H,6-9H2,1-5H3;8-11H,5-7H2,1-4H3;5-11H,1-4H3;8-11H,5-7H2,1-4H3;9-11H,6-8H2,1-5H3;5-6,9-10H,7-8H2,1-4H3/q6*+1;;+1/p+1. The summed E-state index contributed by atoms with van der Waals surface area (Å²) in [7, 11) is 7.56. The molecule has 14 nitrogen and oxygen atoms in total. The van der Waals surface area contributed by atoms with Gasteiger partial charge in [0.2, 0.25) is 6.33 Å². The van der Waals surface area contributed by atoms with Crippen molar-refractivity contribution in [1.29, 1.82) is 0 Å². The van der Waals surface area contributed by atoms with Crippen molar-refractivity contribution >= 4 is 5.52 Å². The summed E-state index contributed by atoms with van der Waals surface area (Å²) in [6, 6.07) is 24.0. The lowest BCUT2D eigenvalue weighted by Crippen LogP contribution is -3.20. The molecule has 0 spiro atoms. The summed E-state index contributed by atoms with van der Waals surface area (Å²) in [4.78, 5) is 10.1. The number of imidazole rings is 2. The third-order valence-electron chi connectivity index (χ3n) is 33.8. The van der Waals surface area contributed by atoms with E-state index < -0.39 is 0 Å². The third kappa shape index (κ3) is 21.3. The van der Waals surface area contributed by atoms with Crippen LogP contribution in [0.4, 0.5) is 0 Å². The summed E-state index contributed by atoms with van der Waals surface area (Å²) in [6.45, 7) is 87.2. The molecule has 2 aliphatic carbocycles. The average molecular weight is 1640 g/mol. The quantitative estimate of drug-likeness (QED) is 0.0689. The Morgan fingerprint density at radius 2 is 1.04 bits per heavy atom. The molecule has 14 heteroatoms. The van der Waals surface area contributed by atoms with E-state index in [2.05, 4.69) is 360 Å². The van der Waals surface area contributed by atoms with Crippen LogP contribution in [-0.2, 0) is 19.3 Å². The molecular weight excluding hydrogens is 1450 g/mol. The zero-order valence-electron chi connectivity index (χ0n) is 84.1. The Balaban J connectivity index is 0.000000154. The zero-order chi connectivity index (χ0) is 87.4. The van der Waals surface area contributed by atoms with Crippen molar-refractivity contribution in [1.82, 2.24) is 23.8 Å². The first-order chi connectivity index (χ1) is 55.2. The molecule has 13 aliphatic rings. The Labute approximate surface area is 729 Å². The number of aromatic nitrogens is 5. The molecule has 1 N–H and O–H groups in total. The number of nitrogens with zero attached hydrogens (tertiary/aromatic N) is 13. The van der Waals surface area contributed by atoms with Crippen molar-refractivity contribution in [3.63, 3.8) is 0 Å². The van der Waals surface area contributed by atoms with E-state index in [0.29, 0.717) is 36.0 Å². The molecule has 118 heavy (non-hydrogen) atoms. The number of quaternary nitrogens is 5. The van der Waals surface area contributed by atoms with E-state index in [1.54, 1.807) is 21.7 Å². The number of rotatable bonds is 16. The van der Waals surface area contributed by atoms with E-state index in [1.807, 2.05) is 0 Å². The summed E-state index contributed by atoms with van der Waals surface area (Å²) in [6.07, 6.45) is 39.0. The van der Waals surface area contributed by atoms with E-state index in [4.69, 9.17) is 0 Å². The lowest BCUT2D eigenvalue weighted by atomic mass is 9.70. The number of hydrogen-bond acceptors (Lipinski definition) is 4. The van der Waals surface area contributed by atoms with Gasteiger partial charge in [-0.3, -0.25) is 14.7 Å². The number of nitrogens with one attached hydrogen (secondary N) is 1. The summed E-state index contributed by atoms with van der Waals surface area (Å²) < 4.78 is 16.9. The van der Waals surface area contributed by atoms with Crippen LogP contribution in [0.5, 0.6) is 0 Å². The van der Waals surface area contributed by atoms with Crippen LogP contribution in [0.3, 0.4) is 0 Å². The molecule has 9 saturated heterocycles. The summed E-state index contributed by atoms with van der Waals surface area (Å²) in [5.41, 5.74) is 7.44. The number of pyridine rings is 2. The molecule has 10 fully saturated rings. The Kier molecular flexibility index (Phi) is 34.2. The predicted octanol–water partition coefficient (Wildman–Crippen LogP) is 18.7. The molecule has 8 unspecified atom stereocenters. The fraction of sp³-hybridized carbons (Fsp3) is 0.837. The van der Waals surface area contributed by atoms with Gasteiger partial charge in [-0.05, 0) is 285 Å². The highest BCUT2D eigenvalue weighted by atomic mass is 15.6. The number of piperidine rings is 4. The lowest BCUT2D eigenvalue weighted by molar-refractivity contribution is -0.988. The molecule has 1 saturated carbocycles.